The van der Waals surface area contributed by atoms with Crippen molar-refractivity contribution in [3.8, 4) is 17.5 Å². The van der Waals surface area contributed by atoms with Crippen molar-refractivity contribution in [2.45, 2.75) is 0 Å². The highest BCUT2D eigenvalue weighted by Gasteiger charge is 2.16. The van der Waals surface area contributed by atoms with Gasteiger partial charge in [0.05, 0.1) is 0 Å². The number of hydrogen-bond donors (Lipinski definition) is 0. The van der Waals surface area contributed by atoms with E-state index in [0.29, 0.717) is 16.1 Å². The van der Waals surface area contributed by atoms with E-state index in [2.05, 4.69) is 51.3 Å². The summed E-state index contributed by atoms with van der Waals surface area (Å²) in [7, 11) is 1.72. The summed E-state index contributed by atoms with van der Waals surface area (Å²) in [4.78, 5) is 16.1. The Hall–Kier alpha value is -1.94. The summed E-state index contributed by atoms with van der Waals surface area (Å²) in [5.74, 6) is 0.602. The summed E-state index contributed by atoms with van der Waals surface area (Å²) in [5.41, 5.74) is 0.589. The Morgan fingerprint density at radius 2 is 2.11 bits per heavy atom. The minimum Gasteiger partial charge on any atom is -0.243 e. The maximum atomic E-state index is 5.90. The molecule has 3 aromatic rings. The highest BCUT2D eigenvalue weighted by molar-refractivity contribution is 9.10. The summed E-state index contributed by atoms with van der Waals surface area (Å²) in [6.45, 7) is 0. The Balaban J connectivity index is 2.18. The molecule has 96 valence electrons. The average molecular weight is 343 g/mol. The van der Waals surface area contributed by atoms with Gasteiger partial charge in [-0.3, -0.25) is 0 Å². The van der Waals surface area contributed by atoms with E-state index in [0.717, 1.165) is 0 Å². The molecule has 0 spiro atoms. The third-order valence-electron chi connectivity index (χ3n) is 2.22. The van der Waals surface area contributed by atoms with Gasteiger partial charge in [-0.05, 0) is 27.5 Å². The predicted molar refractivity (Wildman–Crippen MR) is 67.5 cm³/mol. The Morgan fingerprint density at radius 1 is 1.26 bits per heavy atom. The summed E-state index contributed by atoms with van der Waals surface area (Å²) in [5, 5.41) is 11.7. The molecule has 0 radical (unpaired) electrons. The van der Waals surface area contributed by atoms with Gasteiger partial charge in [0.15, 0.2) is 10.4 Å². The molecule has 3 rings (SSSR count). The van der Waals surface area contributed by atoms with Crippen LogP contribution in [0.4, 0.5) is 0 Å². The first-order valence-electron chi connectivity index (χ1n) is 4.97. The highest BCUT2D eigenvalue weighted by atomic mass is 79.9. The smallest absolute Gasteiger partial charge is 0.243 e. The van der Waals surface area contributed by atoms with E-state index in [1.165, 1.54) is 22.0 Å². The normalized spacial score (nSPS) is 10.9. The van der Waals surface area contributed by atoms with Crippen LogP contribution in [0.3, 0.4) is 0 Å². The SMILES string of the molecule is Cn1nnc(Br)c1-c1nc(Cl)nc(-n2cncn2)n1. The lowest BCUT2D eigenvalue weighted by atomic mass is 10.4. The van der Waals surface area contributed by atoms with Gasteiger partial charge in [-0.1, -0.05) is 5.21 Å². The maximum Gasteiger partial charge on any atom is 0.256 e. The zero-order valence-electron chi connectivity index (χ0n) is 9.44. The van der Waals surface area contributed by atoms with Crippen LogP contribution in [0, 0.1) is 0 Å². The van der Waals surface area contributed by atoms with Crippen LogP contribution in [0.5, 0.6) is 0 Å². The fourth-order valence-corrected chi connectivity index (χ4v) is 2.09. The van der Waals surface area contributed by atoms with Crippen LogP contribution in [0.2, 0.25) is 5.28 Å². The second-order valence-electron chi connectivity index (χ2n) is 3.42. The van der Waals surface area contributed by atoms with E-state index < -0.39 is 0 Å². The number of hydrogen-bond acceptors (Lipinski definition) is 7. The summed E-state index contributed by atoms with van der Waals surface area (Å²) < 4.78 is 3.43. The van der Waals surface area contributed by atoms with E-state index in [1.807, 2.05) is 0 Å². The Bertz CT molecular complexity index is 702. The molecule has 0 unspecified atom stereocenters. The second-order valence-corrected chi connectivity index (χ2v) is 4.51. The Labute approximate surface area is 119 Å². The average Bonchev–Trinajstić information content (AvgIpc) is 2.99. The van der Waals surface area contributed by atoms with Gasteiger partial charge in [0, 0.05) is 7.05 Å². The van der Waals surface area contributed by atoms with Crippen LogP contribution < -0.4 is 0 Å². The molecule has 11 heteroatoms. The molecule has 0 saturated carbocycles. The van der Waals surface area contributed by atoms with Crippen molar-refractivity contribution in [3.05, 3.63) is 22.5 Å². The molecule has 0 saturated heterocycles. The first-order chi connectivity index (χ1) is 9.15. The largest absolute Gasteiger partial charge is 0.256 e. The van der Waals surface area contributed by atoms with E-state index in [9.17, 15) is 0 Å². The van der Waals surface area contributed by atoms with Crippen molar-refractivity contribution >= 4 is 27.5 Å². The van der Waals surface area contributed by atoms with Crippen LogP contribution in [0.25, 0.3) is 17.5 Å². The van der Waals surface area contributed by atoms with Crippen molar-refractivity contribution in [3.63, 3.8) is 0 Å². The van der Waals surface area contributed by atoms with E-state index in [1.54, 1.807) is 7.05 Å². The molecule has 3 aromatic heterocycles. The van der Waals surface area contributed by atoms with Gasteiger partial charge in [0.1, 0.15) is 18.3 Å². The fourth-order valence-electron chi connectivity index (χ4n) is 1.43. The van der Waals surface area contributed by atoms with Crippen LogP contribution in [-0.2, 0) is 7.05 Å². The van der Waals surface area contributed by atoms with Crippen LogP contribution in [-0.4, -0.2) is 44.7 Å². The molecule has 9 nitrogen and oxygen atoms in total. The van der Waals surface area contributed by atoms with E-state index in [4.69, 9.17) is 11.6 Å². The molecule has 0 fully saturated rings. The lowest BCUT2D eigenvalue weighted by molar-refractivity contribution is 0.714. The molecule has 0 aliphatic rings. The maximum absolute atomic E-state index is 5.90. The molecule has 0 atom stereocenters. The number of rotatable bonds is 2. The lowest BCUT2D eigenvalue weighted by Crippen LogP contribution is -2.07. The number of aryl methyl sites for hydroxylation is 1. The number of nitrogens with zero attached hydrogens (tertiary/aromatic N) is 9. The molecular formula is C8H5BrClN9. The Morgan fingerprint density at radius 3 is 2.74 bits per heavy atom. The van der Waals surface area contributed by atoms with Crippen LogP contribution >= 0.6 is 27.5 Å². The van der Waals surface area contributed by atoms with Gasteiger partial charge in [-0.15, -0.1) is 5.10 Å². The first-order valence-corrected chi connectivity index (χ1v) is 6.14. The molecule has 0 N–H and O–H groups in total. The summed E-state index contributed by atoms with van der Waals surface area (Å²) >= 11 is 9.18. The Kier molecular flexibility index (Phi) is 2.95. The molecule has 0 aliphatic heterocycles. The van der Waals surface area contributed by atoms with Crippen molar-refractivity contribution in [1.29, 1.82) is 0 Å². The van der Waals surface area contributed by atoms with Crippen molar-refractivity contribution < 1.29 is 0 Å². The van der Waals surface area contributed by atoms with Gasteiger partial charge in [0.25, 0.3) is 5.95 Å². The zero-order valence-corrected chi connectivity index (χ0v) is 11.8. The topological polar surface area (TPSA) is 100 Å². The number of halogens is 2. The molecule has 0 bridgehead atoms. The van der Waals surface area contributed by atoms with Crippen molar-refractivity contribution in [1.82, 2.24) is 44.7 Å². The highest BCUT2D eigenvalue weighted by Crippen LogP contribution is 2.23. The monoisotopic (exact) mass is 341 g/mol. The molecule has 19 heavy (non-hydrogen) atoms. The van der Waals surface area contributed by atoms with Crippen LogP contribution in [0.1, 0.15) is 0 Å². The zero-order chi connectivity index (χ0) is 13.4. The lowest BCUT2D eigenvalue weighted by Gasteiger charge is -2.03. The summed E-state index contributed by atoms with van der Waals surface area (Å²) in [6.07, 6.45) is 2.84. The van der Waals surface area contributed by atoms with E-state index in [-0.39, 0.29) is 11.2 Å². The van der Waals surface area contributed by atoms with E-state index >= 15 is 0 Å². The second kappa shape index (κ2) is 4.63. The first kappa shape index (κ1) is 12.1. The van der Waals surface area contributed by atoms with Gasteiger partial charge in [0.2, 0.25) is 5.28 Å². The number of aromatic nitrogens is 9. The van der Waals surface area contributed by atoms with Crippen LogP contribution in [0.15, 0.2) is 17.3 Å². The van der Waals surface area contributed by atoms with Crippen molar-refractivity contribution in [2.75, 3.05) is 0 Å². The van der Waals surface area contributed by atoms with Gasteiger partial charge in [-0.25, -0.2) is 9.67 Å². The molecule has 0 aromatic carbocycles. The molecule has 0 aliphatic carbocycles. The fraction of sp³-hybridized carbons (Fsp3) is 0.125. The third kappa shape index (κ3) is 2.19. The third-order valence-corrected chi connectivity index (χ3v) is 2.92. The van der Waals surface area contributed by atoms with Gasteiger partial charge in [-0.2, -0.15) is 24.7 Å². The molecular weight excluding hydrogens is 338 g/mol. The molecule has 0 amide bonds. The molecule has 3 heterocycles. The van der Waals surface area contributed by atoms with Crippen molar-refractivity contribution in [2.24, 2.45) is 7.05 Å². The minimum absolute atomic E-state index is 0.0450. The standard InChI is InChI=1S/C8H5BrClN9/c1-18-4(5(9)16-17-18)6-13-7(10)15-8(14-6)19-3-11-2-12-19/h2-3H,1H3. The minimum atomic E-state index is 0.0450. The van der Waals surface area contributed by atoms with Gasteiger partial charge < -0.3 is 0 Å². The van der Waals surface area contributed by atoms with Gasteiger partial charge >= 0.3 is 0 Å². The predicted octanol–water partition coefficient (Wildman–Crippen LogP) is 0.664. The quantitative estimate of drug-likeness (QED) is 0.674. The summed E-state index contributed by atoms with van der Waals surface area (Å²) in [6, 6.07) is 0.